The number of carbonyl (C=O) groups is 1. The Morgan fingerprint density at radius 1 is 1.35 bits per heavy atom. The van der Waals surface area contributed by atoms with Gasteiger partial charge in [-0.15, -0.1) is 0 Å². The molecule has 90 valence electrons. The average molecular weight is 232 g/mol. The van der Waals surface area contributed by atoms with Crippen LogP contribution in [-0.2, 0) is 11.2 Å². The Balaban J connectivity index is 1.69. The zero-order valence-corrected chi connectivity index (χ0v) is 9.63. The molecule has 1 atom stereocenters. The van der Waals surface area contributed by atoms with Crippen molar-refractivity contribution in [2.24, 2.45) is 11.7 Å². The first-order valence-corrected chi connectivity index (χ1v) is 5.99. The van der Waals surface area contributed by atoms with E-state index in [1.54, 1.807) is 0 Å². The van der Waals surface area contributed by atoms with E-state index in [2.05, 4.69) is 0 Å². The van der Waals surface area contributed by atoms with Gasteiger partial charge in [-0.25, -0.2) is 0 Å². The van der Waals surface area contributed by atoms with Crippen molar-refractivity contribution >= 4 is 5.91 Å². The molecular formula is C13H16N2O2. The minimum atomic E-state index is -0.0441. The lowest BCUT2D eigenvalue weighted by atomic mass is 9.94. The van der Waals surface area contributed by atoms with Crippen LogP contribution in [0.5, 0.6) is 5.75 Å². The maximum atomic E-state index is 12.1. The monoisotopic (exact) mass is 232 g/mol. The average Bonchev–Trinajstić information content (AvgIpc) is 2.33. The van der Waals surface area contributed by atoms with E-state index in [9.17, 15) is 4.79 Å². The molecule has 1 fully saturated rings. The van der Waals surface area contributed by atoms with E-state index in [0.717, 1.165) is 17.7 Å². The highest BCUT2D eigenvalue weighted by atomic mass is 16.5. The summed E-state index contributed by atoms with van der Waals surface area (Å²) in [6.45, 7) is 1.87. The van der Waals surface area contributed by atoms with Crippen molar-refractivity contribution in [3.63, 3.8) is 0 Å². The Morgan fingerprint density at radius 2 is 2.12 bits per heavy atom. The quantitative estimate of drug-likeness (QED) is 0.763. The van der Waals surface area contributed by atoms with E-state index in [0.29, 0.717) is 19.7 Å². The van der Waals surface area contributed by atoms with Gasteiger partial charge in [0, 0.05) is 19.1 Å². The van der Waals surface area contributed by atoms with Gasteiger partial charge in [0.05, 0.1) is 5.92 Å². The van der Waals surface area contributed by atoms with E-state index in [4.69, 9.17) is 10.5 Å². The fraction of sp³-hybridized carbons (Fsp3) is 0.462. The first-order chi connectivity index (χ1) is 8.24. The van der Waals surface area contributed by atoms with E-state index >= 15 is 0 Å². The Labute approximate surface area is 100 Å². The van der Waals surface area contributed by atoms with E-state index in [1.165, 1.54) is 0 Å². The number of likely N-dealkylation sites (tertiary alicyclic amines) is 1. The molecule has 0 saturated carbocycles. The molecule has 1 saturated heterocycles. The van der Waals surface area contributed by atoms with Crippen molar-refractivity contribution < 1.29 is 9.53 Å². The second-order valence-corrected chi connectivity index (χ2v) is 4.82. The van der Waals surface area contributed by atoms with E-state index < -0.39 is 0 Å². The lowest BCUT2D eigenvalue weighted by Crippen LogP contribution is -2.60. The molecule has 4 nitrogen and oxygen atoms in total. The molecule has 17 heavy (non-hydrogen) atoms. The number of hydrogen-bond donors (Lipinski definition) is 1. The number of hydrogen-bond acceptors (Lipinski definition) is 3. The summed E-state index contributed by atoms with van der Waals surface area (Å²) in [5.74, 6) is 1.05. The van der Waals surface area contributed by atoms with Crippen molar-refractivity contribution in [2.75, 3.05) is 19.7 Å². The second-order valence-electron chi connectivity index (χ2n) is 4.82. The molecule has 0 bridgehead atoms. The fourth-order valence-corrected chi connectivity index (χ4v) is 2.44. The third kappa shape index (κ3) is 1.89. The van der Waals surface area contributed by atoms with Crippen molar-refractivity contribution in [1.82, 2.24) is 4.90 Å². The maximum absolute atomic E-state index is 12.1. The van der Waals surface area contributed by atoms with Gasteiger partial charge in [0.2, 0.25) is 5.91 Å². The third-order valence-corrected chi connectivity index (χ3v) is 3.45. The number of nitrogens with two attached hydrogens (primary N) is 1. The predicted octanol–water partition coefficient (Wildman–Crippen LogP) is 0.407. The maximum Gasteiger partial charge on any atom is 0.229 e. The van der Waals surface area contributed by atoms with Crippen molar-refractivity contribution in [3.8, 4) is 5.75 Å². The minimum Gasteiger partial charge on any atom is -0.492 e. The van der Waals surface area contributed by atoms with Gasteiger partial charge in [-0.1, -0.05) is 18.2 Å². The molecule has 1 unspecified atom stereocenters. The highest BCUT2D eigenvalue weighted by molar-refractivity contribution is 5.80. The number of rotatable bonds is 1. The fourth-order valence-electron chi connectivity index (χ4n) is 2.44. The van der Waals surface area contributed by atoms with Crippen molar-refractivity contribution in [3.05, 3.63) is 29.8 Å². The summed E-state index contributed by atoms with van der Waals surface area (Å²) in [5.41, 5.74) is 6.81. The van der Waals surface area contributed by atoms with Gasteiger partial charge in [0.25, 0.3) is 0 Å². The molecular weight excluding hydrogens is 216 g/mol. The standard InChI is InChI=1S/C13H16N2O2/c14-11-6-15(7-11)13(16)10-5-9-3-1-2-4-12(9)17-8-10/h1-4,10-11H,5-8,14H2. The molecule has 0 aliphatic carbocycles. The molecule has 2 N–H and O–H groups in total. The number of ether oxygens (including phenoxy) is 1. The van der Waals surface area contributed by atoms with Crippen LogP contribution in [0.2, 0.25) is 0 Å². The first kappa shape index (κ1) is 10.6. The van der Waals surface area contributed by atoms with Crippen LogP contribution in [0, 0.1) is 5.92 Å². The SMILES string of the molecule is NC1CN(C(=O)C2COc3ccccc3C2)C1. The topological polar surface area (TPSA) is 55.6 Å². The lowest BCUT2D eigenvalue weighted by molar-refractivity contribution is -0.141. The molecule has 2 aliphatic heterocycles. The third-order valence-electron chi connectivity index (χ3n) is 3.45. The normalized spacial score (nSPS) is 23.6. The highest BCUT2D eigenvalue weighted by Gasteiger charge is 2.34. The molecule has 2 heterocycles. The van der Waals surface area contributed by atoms with Crippen LogP contribution in [0.4, 0.5) is 0 Å². The smallest absolute Gasteiger partial charge is 0.229 e. The van der Waals surface area contributed by atoms with Gasteiger partial charge >= 0.3 is 0 Å². The van der Waals surface area contributed by atoms with Crippen molar-refractivity contribution in [2.45, 2.75) is 12.5 Å². The summed E-state index contributed by atoms with van der Waals surface area (Å²) in [5, 5.41) is 0. The number of amides is 1. The zero-order chi connectivity index (χ0) is 11.8. The minimum absolute atomic E-state index is 0.0441. The summed E-state index contributed by atoms with van der Waals surface area (Å²) in [7, 11) is 0. The Kier molecular flexibility index (Phi) is 2.52. The number of fused-ring (bicyclic) bond motifs is 1. The second kappa shape index (κ2) is 4.04. The summed E-state index contributed by atoms with van der Waals surface area (Å²) in [6.07, 6.45) is 0.779. The lowest BCUT2D eigenvalue weighted by Gasteiger charge is -2.39. The Hall–Kier alpha value is -1.55. The van der Waals surface area contributed by atoms with Gasteiger partial charge < -0.3 is 15.4 Å². The molecule has 4 heteroatoms. The summed E-state index contributed by atoms with van der Waals surface area (Å²) in [4.78, 5) is 14.0. The molecule has 2 aliphatic rings. The van der Waals surface area contributed by atoms with Crippen molar-refractivity contribution in [1.29, 1.82) is 0 Å². The molecule has 0 radical (unpaired) electrons. The summed E-state index contributed by atoms with van der Waals surface area (Å²) >= 11 is 0. The predicted molar refractivity (Wildman–Crippen MR) is 63.7 cm³/mol. The molecule has 1 amide bonds. The molecule has 0 spiro atoms. The van der Waals surface area contributed by atoms with Crippen LogP contribution in [-0.4, -0.2) is 36.5 Å². The van der Waals surface area contributed by atoms with E-state index in [1.807, 2.05) is 29.2 Å². The summed E-state index contributed by atoms with van der Waals surface area (Å²) in [6, 6.07) is 8.08. The van der Waals surface area contributed by atoms with Crippen LogP contribution in [0.1, 0.15) is 5.56 Å². The van der Waals surface area contributed by atoms with Gasteiger partial charge in [-0.3, -0.25) is 4.79 Å². The number of para-hydroxylation sites is 1. The van der Waals surface area contributed by atoms with Crippen LogP contribution >= 0.6 is 0 Å². The summed E-state index contributed by atoms with van der Waals surface area (Å²) < 4.78 is 5.62. The van der Waals surface area contributed by atoms with Gasteiger partial charge in [0.15, 0.2) is 0 Å². The van der Waals surface area contributed by atoms with Crippen LogP contribution in [0.3, 0.4) is 0 Å². The Bertz CT molecular complexity index is 441. The van der Waals surface area contributed by atoms with E-state index in [-0.39, 0.29) is 17.9 Å². The molecule has 3 rings (SSSR count). The zero-order valence-electron chi connectivity index (χ0n) is 9.63. The van der Waals surface area contributed by atoms with Crippen LogP contribution in [0.15, 0.2) is 24.3 Å². The number of nitrogens with zero attached hydrogens (tertiary/aromatic N) is 1. The Morgan fingerprint density at radius 3 is 2.88 bits per heavy atom. The number of carbonyl (C=O) groups excluding carboxylic acids is 1. The van der Waals surface area contributed by atoms with Gasteiger partial charge in [-0.2, -0.15) is 0 Å². The molecule has 0 aromatic heterocycles. The largest absolute Gasteiger partial charge is 0.492 e. The van der Waals surface area contributed by atoms with Gasteiger partial charge in [-0.05, 0) is 18.1 Å². The molecule has 1 aromatic carbocycles. The first-order valence-electron chi connectivity index (χ1n) is 5.99. The van der Waals surface area contributed by atoms with Gasteiger partial charge in [0.1, 0.15) is 12.4 Å². The van der Waals surface area contributed by atoms with Crippen LogP contribution < -0.4 is 10.5 Å². The number of benzene rings is 1. The highest BCUT2D eigenvalue weighted by Crippen LogP contribution is 2.28. The van der Waals surface area contributed by atoms with Crippen LogP contribution in [0.25, 0.3) is 0 Å². The molecule has 1 aromatic rings.